The van der Waals surface area contributed by atoms with E-state index in [4.69, 9.17) is 0 Å². The summed E-state index contributed by atoms with van der Waals surface area (Å²) < 4.78 is 0.823. The highest BCUT2D eigenvalue weighted by Gasteiger charge is 2.01. The number of nitrogens with zero attached hydrogens (tertiary/aromatic N) is 1. The molecule has 94 valence electrons. The molecule has 0 saturated carbocycles. The summed E-state index contributed by atoms with van der Waals surface area (Å²) in [5.74, 6) is 0. The molecule has 0 radical (unpaired) electrons. The van der Waals surface area contributed by atoms with Gasteiger partial charge in [0.2, 0.25) is 0 Å². The van der Waals surface area contributed by atoms with Crippen LogP contribution in [0.15, 0.2) is 82.9 Å². The fourth-order valence-corrected chi connectivity index (χ4v) is 1.99. The van der Waals surface area contributed by atoms with Gasteiger partial charge in [0.15, 0.2) is 0 Å². The molecule has 0 aliphatic rings. The van der Waals surface area contributed by atoms with E-state index < -0.39 is 0 Å². The molecule has 19 heavy (non-hydrogen) atoms. The first-order valence-electron chi connectivity index (χ1n) is 5.96. The van der Waals surface area contributed by atoms with Gasteiger partial charge >= 0.3 is 0 Å². The largest absolute Gasteiger partial charge is 0.263 e. The lowest BCUT2D eigenvalue weighted by molar-refractivity contribution is 1.53. The van der Waals surface area contributed by atoms with Gasteiger partial charge in [0, 0.05) is 22.5 Å². The minimum Gasteiger partial charge on any atom is -0.263 e. The van der Waals surface area contributed by atoms with Gasteiger partial charge in [0.25, 0.3) is 0 Å². The van der Waals surface area contributed by atoms with E-state index in [1.807, 2.05) is 73.1 Å². The van der Waals surface area contributed by atoms with E-state index >= 15 is 0 Å². The summed E-state index contributed by atoms with van der Waals surface area (Å²) in [5.41, 5.74) is 3.15. The molecular formula is C17H14BrN. The minimum atomic E-state index is 0.823. The fourth-order valence-electron chi connectivity index (χ4n) is 1.66. The Morgan fingerprint density at radius 2 is 1.53 bits per heavy atom. The van der Waals surface area contributed by atoms with E-state index in [-0.39, 0.29) is 0 Å². The van der Waals surface area contributed by atoms with E-state index in [2.05, 4.69) is 27.5 Å². The molecule has 0 heterocycles. The normalized spacial score (nSPS) is 11.7. The van der Waals surface area contributed by atoms with Crippen LogP contribution in [0, 0.1) is 0 Å². The average Bonchev–Trinajstić information content (AvgIpc) is 2.45. The molecule has 0 amide bonds. The van der Waals surface area contributed by atoms with Crippen molar-refractivity contribution in [2.45, 2.75) is 0 Å². The monoisotopic (exact) mass is 311 g/mol. The smallest absolute Gasteiger partial charge is 0.0357 e. The molecule has 0 atom stereocenters. The molecule has 0 unspecified atom stereocenters. The maximum absolute atomic E-state index is 4.36. The number of halogens is 1. The Bertz CT molecular complexity index is 598. The fraction of sp³-hybridized carbons (Fsp3) is 0. The first-order chi connectivity index (χ1) is 9.27. The summed E-state index contributed by atoms with van der Waals surface area (Å²) in [6, 6.07) is 20.1. The molecule has 0 spiro atoms. The zero-order valence-corrected chi connectivity index (χ0v) is 12.0. The van der Waals surface area contributed by atoms with Crippen LogP contribution in [-0.2, 0) is 0 Å². The summed E-state index contributed by atoms with van der Waals surface area (Å²) in [5, 5.41) is 0. The summed E-state index contributed by atoms with van der Waals surface area (Å²) in [6.07, 6.45) is 3.65. The molecule has 0 fully saturated rings. The number of hydrogen-bond acceptors (Lipinski definition) is 1. The van der Waals surface area contributed by atoms with Crippen molar-refractivity contribution in [3.05, 3.63) is 89.1 Å². The molecular weight excluding hydrogens is 298 g/mol. The zero-order valence-electron chi connectivity index (χ0n) is 10.5. The van der Waals surface area contributed by atoms with E-state index in [0.29, 0.717) is 0 Å². The lowest BCUT2D eigenvalue weighted by Gasteiger charge is -2.03. The van der Waals surface area contributed by atoms with E-state index in [1.54, 1.807) is 0 Å². The Labute approximate surface area is 122 Å². The van der Waals surface area contributed by atoms with Crippen molar-refractivity contribution in [3.63, 3.8) is 0 Å². The van der Waals surface area contributed by atoms with Crippen molar-refractivity contribution < 1.29 is 0 Å². The Hall–Kier alpha value is -1.93. The van der Waals surface area contributed by atoms with Crippen LogP contribution < -0.4 is 0 Å². The number of rotatable bonds is 4. The Balaban J connectivity index is 2.24. The zero-order chi connectivity index (χ0) is 13.5. The quantitative estimate of drug-likeness (QED) is 0.553. The molecule has 2 heteroatoms. The highest BCUT2D eigenvalue weighted by Crippen LogP contribution is 2.25. The third kappa shape index (κ3) is 4.04. The van der Waals surface area contributed by atoms with Gasteiger partial charge in [-0.25, -0.2) is 0 Å². The standard InChI is InChI=1S/C17H14BrN/c1-14(18)17(16-10-6-3-7-11-16)13-19-12-15-8-4-2-5-9-15/h2-13H,1H2/b17-13+,19-12?. The van der Waals surface area contributed by atoms with Crippen LogP contribution in [0.1, 0.15) is 11.1 Å². The van der Waals surface area contributed by atoms with Gasteiger partial charge in [-0.3, -0.25) is 4.99 Å². The molecule has 0 aliphatic carbocycles. The summed E-state index contributed by atoms with van der Waals surface area (Å²) in [6.45, 7) is 3.93. The van der Waals surface area contributed by atoms with Gasteiger partial charge in [-0.15, -0.1) is 0 Å². The number of aliphatic imine (C=N–C) groups is 1. The van der Waals surface area contributed by atoms with Crippen LogP contribution in [0.25, 0.3) is 5.57 Å². The molecule has 0 N–H and O–H groups in total. The molecule has 2 aromatic rings. The summed E-state index contributed by atoms with van der Waals surface area (Å²) >= 11 is 3.43. The Morgan fingerprint density at radius 1 is 0.947 bits per heavy atom. The van der Waals surface area contributed by atoms with E-state index in [0.717, 1.165) is 21.2 Å². The van der Waals surface area contributed by atoms with Gasteiger partial charge in [-0.05, 0) is 11.1 Å². The third-order valence-electron chi connectivity index (χ3n) is 2.60. The number of allylic oxidation sites excluding steroid dienone is 2. The van der Waals surface area contributed by atoms with Crippen molar-refractivity contribution in [1.82, 2.24) is 0 Å². The van der Waals surface area contributed by atoms with Gasteiger partial charge in [0.05, 0.1) is 0 Å². The van der Waals surface area contributed by atoms with Crippen molar-refractivity contribution in [3.8, 4) is 0 Å². The van der Waals surface area contributed by atoms with Gasteiger partial charge in [0.1, 0.15) is 0 Å². The molecule has 0 bridgehead atoms. The molecule has 0 aromatic heterocycles. The highest BCUT2D eigenvalue weighted by molar-refractivity contribution is 9.12. The van der Waals surface area contributed by atoms with Gasteiger partial charge in [-0.2, -0.15) is 0 Å². The van der Waals surface area contributed by atoms with Crippen molar-refractivity contribution >= 4 is 27.7 Å². The first-order valence-corrected chi connectivity index (χ1v) is 6.75. The summed E-state index contributed by atoms with van der Waals surface area (Å²) in [7, 11) is 0. The van der Waals surface area contributed by atoms with E-state index in [9.17, 15) is 0 Å². The lowest BCUT2D eigenvalue weighted by Crippen LogP contribution is -1.83. The van der Waals surface area contributed by atoms with Gasteiger partial charge in [-0.1, -0.05) is 83.2 Å². The van der Waals surface area contributed by atoms with Gasteiger partial charge < -0.3 is 0 Å². The molecule has 2 rings (SSSR count). The second kappa shape index (κ2) is 6.86. The molecule has 2 aromatic carbocycles. The Morgan fingerprint density at radius 3 is 2.11 bits per heavy atom. The van der Waals surface area contributed by atoms with Crippen LogP contribution in [-0.4, -0.2) is 6.21 Å². The lowest BCUT2D eigenvalue weighted by atomic mass is 10.1. The van der Waals surface area contributed by atoms with Crippen molar-refractivity contribution in [1.29, 1.82) is 0 Å². The summed E-state index contributed by atoms with van der Waals surface area (Å²) in [4.78, 5) is 4.36. The van der Waals surface area contributed by atoms with Crippen LogP contribution >= 0.6 is 15.9 Å². The second-order valence-corrected chi connectivity index (χ2v) is 4.96. The molecule has 0 aliphatic heterocycles. The maximum Gasteiger partial charge on any atom is 0.0357 e. The van der Waals surface area contributed by atoms with Crippen LogP contribution in [0.5, 0.6) is 0 Å². The minimum absolute atomic E-state index is 0.823. The van der Waals surface area contributed by atoms with Crippen LogP contribution in [0.4, 0.5) is 0 Å². The van der Waals surface area contributed by atoms with Crippen LogP contribution in [0.2, 0.25) is 0 Å². The number of hydrogen-bond donors (Lipinski definition) is 0. The topological polar surface area (TPSA) is 12.4 Å². The predicted octanol–water partition coefficient (Wildman–Crippen LogP) is 5.06. The van der Waals surface area contributed by atoms with Crippen molar-refractivity contribution in [2.75, 3.05) is 0 Å². The highest BCUT2D eigenvalue weighted by atomic mass is 79.9. The van der Waals surface area contributed by atoms with E-state index in [1.165, 1.54) is 0 Å². The Kier molecular flexibility index (Phi) is 4.87. The predicted molar refractivity (Wildman–Crippen MR) is 86.5 cm³/mol. The molecule has 0 saturated heterocycles. The first kappa shape index (κ1) is 13.5. The maximum atomic E-state index is 4.36. The third-order valence-corrected chi connectivity index (χ3v) is 3.03. The SMILES string of the molecule is C=C(Br)/C(=C\N=Cc1ccccc1)c1ccccc1. The molecule has 1 nitrogen and oxygen atoms in total. The van der Waals surface area contributed by atoms with Crippen molar-refractivity contribution in [2.24, 2.45) is 4.99 Å². The second-order valence-electron chi connectivity index (χ2n) is 4.00. The number of benzene rings is 2. The van der Waals surface area contributed by atoms with Crippen LogP contribution in [0.3, 0.4) is 0 Å². The average molecular weight is 312 g/mol.